The molecule has 0 aliphatic heterocycles. The highest BCUT2D eigenvalue weighted by atomic mass is 16.4. The third kappa shape index (κ3) is 3.74. The summed E-state index contributed by atoms with van der Waals surface area (Å²) in [6.45, 7) is 4.11. The Balaban J connectivity index is 1.98. The van der Waals surface area contributed by atoms with Crippen molar-refractivity contribution in [2.45, 2.75) is 32.1 Å². The Kier molecular flexibility index (Phi) is 4.21. The van der Waals surface area contributed by atoms with Crippen molar-refractivity contribution in [3.63, 3.8) is 0 Å². The van der Waals surface area contributed by atoms with Gasteiger partial charge in [0, 0.05) is 19.3 Å². The maximum absolute atomic E-state index is 12.0. The number of rotatable bonds is 5. The average molecular weight is 290 g/mol. The van der Waals surface area contributed by atoms with E-state index in [1.165, 1.54) is 12.8 Å². The largest absolute Gasteiger partial charge is 0.481 e. The predicted molar refractivity (Wildman–Crippen MR) is 81.5 cm³/mol. The van der Waals surface area contributed by atoms with Crippen LogP contribution in [0.1, 0.15) is 32.3 Å². The number of carbonyl (C=O) groups excluding carboxylic acids is 1. The summed E-state index contributed by atoms with van der Waals surface area (Å²) in [6.07, 6.45) is 2.41. The molecule has 1 saturated carbocycles. The molecule has 0 aromatic heterocycles. The Morgan fingerprint density at radius 2 is 1.86 bits per heavy atom. The van der Waals surface area contributed by atoms with E-state index in [-0.39, 0.29) is 6.03 Å². The molecule has 2 N–H and O–H groups in total. The number of hydrogen-bond donors (Lipinski definition) is 2. The summed E-state index contributed by atoms with van der Waals surface area (Å²) in [4.78, 5) is 24.9. The lowest BCUT2D eigenvalue weighted by molar-refractivity contribution is -0.142. The van der Waals surface area contributed by atoms with E-state index in [9.17, 15) is 14.7 Å². The fraction of sp³-hybridized carbons (Fsp3) is 0.500. The summed E-state index contributed by atoms with van der Waals surface area (Å²) in [5.74, 6) is -0.219. The number of benzene rings is 1. The van der Waals surface area contributed by atoms with Crippen LogP contribution in [-0.2, 0) is 10.2 Å². The number of urea groups is 1. The molecule has 0 heterocycles. The Bertz CT molecular complexity index is 533. The second kappa shape index (κ2) is 5.76. The van der Waals surface area contributed by atoms with Crippen molar-refractivity contribution in [2.75, 3.05) is 18.9 Å². The van der Waals surface area contributed by atoms with E-state index in [2.05, 4.69) is 5.32 Å². The van der Waals surface area contributed by atoms with Crippen LogP contribution in [-0.4, -0.2) is 35.6 Å². The molecule has 1 aliphatic carbocycles. The van der Waals surface area contributed by atoms with E-state index in [1.54, 1.807) is 50.1 Å². The van der Waals surface area contributed by atoms with E-state index in [0.29, 0.717) is 17.2 Å². The molecule has 1 aromatic rings. The van der Waals surface area contributed by atoms with Crippen LogP contribution in [0.2, 0.25) is 0 Å². The van der Waals surface area contributed by atoms with Crippen LogP contribution >= 0.6 is 0 Å². The number of aliphatic carboxylic acids is 1. The second-order valence-corrected chi connectivity index (χ2v) is 6.26. The Hall–Kier alpha value is -2.04. The highest BCUT2D eigenvalue weighted by Crippen LogP contribution is 2.29. The second-order valence-electron chi connectivity index (χ2n) is 6.26. The van der Waals surface area contributed by atoms with Crippen molar-refractivity contribution >= 4 is 17.7 Å². The zero-order valence-electron chi connectivity index (χ0n) is 12.7. The quantitative estimate of drug-likeness (QED) is 0.876. The summed E-state index contributed by atoms with van der Waals surface area (Å²) in [5.41, 5.74) is 0.442. The molecule has 0 atom stereocenters. The molecule has 0 saturated heterocycles. The van der Waals surface area contributed by atoms with E-state index >= 15 is 0 Å². The first-order valence-corrected chi connectivity index (χ1v) is 7.17. The molecule has 1 fully saturated rings. The zero-order chi connectivity index (χ0) is 15.6. The van der Waals surface area contributed by atoms with Gasteiger partial charge in [-0.2, -0.15) is 0 Å². The van der Waals surface area contributed by atoms with Gasteiger partial charge in [-0.05, 0) is 50.3 Å². The van der Waals surface area contributed by atoms with Crippen LogP contribution < -0.4 is 5.32 Å². The van der Waals surface area contributed by atoms with Crippen molar-refractivity contribution in [2.24, 2.45) is 5.92 Å². The average Bonchev–Trinajstić information content (AvgIpc) is 3.23. The van der Waals surface area contributed by atoms with Crippen LogP contribution in [0.3, 0.4) is 0 Å². The van der Waals surface area contributed by atoms with Crippen LogP contribution in [0.15, 0.2) is 24.3 Å². The molecular weight excluding hydrogens is 268 g/mol. The standard InChI is InChI=1S/C16H22N2O3/c1-16(2,14(19)20)12-6-8-13(9-7-12)17-15(21)18(3)10-11-4-5-11/h6-9,11H,4-5,10H2,1-3H3,(H,17,21)(H,19,20). The number of nitrogens with one attached hydrogen (secondary N) is 1. The summed E-state index contributed by atoms with van der Waals surface area (Å²) in [5, 5.41) is 12.0. The molecule has 21 heavy (non-hydrogen) atoms. The molecule has 0 spiro atoms. The van der Waals surface area contributed by atoms with Gasteiger partial charge in [-0.25, -0.2) is 4.79 Å². The van der Waals surface area contributed by atoms with E-state index in [0.717, 1.165) is 6.54 Å². The summed E-state index contributed by atoms with van der Waals surface area (Å²) < 4.78 is 0. The third-order valence-corrected chi connectivity index (χ3v) is 3.97. The lowest BCUT2D eigenvalue weighted by atomic mass is 9.85. The molecule has 1 aliphatic rings. The van der Waals surface area contributed by atoms with Crippen molar-refractivity contribution in [3.05, 3.63) is 29.8 Å². The number of hydrogen-bond acceptors (Lipinski definition) is 2. The first kappa shape index (κ1) is 15.4. The molecule has 1 aromatic carbocycles. The minimum Gasteiger partial charge on any atom is -0.481 e. The summed E-state index contributed by atoms with van der Waals surface area (Å²) in [7, 11) is 1.79. The minimum absolute atomic E-state index is 0.132. The Morgan fingerprint density at radius 3 is 2.33 bits per heavy atom. The normalized spacial score (nSPS) is 14.6. The number of nitrogens with zero attached hydrogens (tertiary/aromatic N) is 1. The lowest BCUT2D eigenvalue weighted by Crippen LogP contribution is -2.33. The van der Waals surface area contributed by atoms with Gasteiger partial charge >= 0.3 is 12.0 Å². The first-order valence-electron chi connectivity index (χ1n) is 7.17. The van der Waals surface area contributed by atoms with Crippen LogP contribution in [0.5, 0.6) is 0 Å². The van der Waals surface area contributed by atoms with E-state index in [1.807, 2.05) is 0 Å². The van der Waals surface area contributed by atoms with Gasteiger partial charge in [0.1, 0.15) is 0 Å². The molecule has 2 rings (SSSR count). The van der Waals surface area contributed by atoms with Crippen LogP contribution in [0.25, 0.3) is 0 Å². The molecule has 2 amide bonds. The van der Waals surface area contributed by atoms with E-state index < -0.39 is 11.4 Å². The minimum atomic E-state index is -0.939. The highest BCUT2D eigenvalue weighted by Gasteiger charge is 2.29. The first-order chi connectivity index (χ1) is 9.80. The maximum Gasteiger partial charge on any atom is 0.321 e. The van der Waals surface area contributed by atoms with Gasteiger partial charge in [0.15, 0.2) is 0 Å². The molecule has 0 unspecified atom stereocenters. The summed E-state index contributed by atoms with van der Waals surface area (Å²) >= 11 is 0. The molecule has 5 heteroatoms. The number of amides is 2. The highest BCUT2D eigenvalue weighted by molar-refractivity contribution is 5.89. The van der Waals surface area contributed by atoms with Crippen LogP contribution in [0.4, 0.5) is 10.5 Å². The zero-order valence-corrected chi connectivity index (χ0v) is 12.7. The maximum atomic E-state index is 12.0. The number of carboxylic acid groups (broad SMARTS) is 1. The van der Waals surface area contributed by atoms with Gasteiger partial charge in [-0.3, -0.25) is 4.79 Å². The fourth-order valence-electron chi connectivity index (χ4n) is 2.08. The SMILES string of the molecule is CN(CC1CC1)C(=O)Nc1ccc(C(C)(C)C(=O)O)cc1. The molecule has 114 valence electrons. The number of carboxylic acids is 1. The van der Waals surface area contributed by atoms with Gasteiger partial charge in [-0.15, -0.1) is 0 Å². The Morgan fingerprint density at radius 1 is 1.29 bits per heavy atom. The fourth-order valence-corrected chi connectivity index (χ4v) is 2.08. The van der Waals surface area contributed by atoms with Crippen LogP contribution in [0, 0.1) is 5.92 Å². The van der Waals surface area contributed by atoms with Gasteiger partial charge in [0.2, 0.25) is 0 Å². The van der Waals surface area contributed by atoms with Gasteiger partial charge in [0.05, 0.1) is 5.41 Å². The Labute approximate surface area is 125 Å². The van der Waals surface area contributed by atoms with Crippen molar-refractivity contribution in [1.82, 2.24) is 4.90 Å². The lowest BCUT2D eigenvalue weighted by Gasteiger charge is -2.21. The molecule has 0 radical (unpaired) electrons. The van der Waals surface area contributed by atoms with Gasteiger partial charge in [0.25, 0.3) is 0 Å². The summed E-state index contributed by atoms with van der Waals surface area (Å²) in [6, 6.07) is 6.83. The third-order valence-electron chi connectivity index (χ3n) is 3.97. The molecule has 5 nitrogen and oxygen atoms in total. The number of carbonyl (C=O) groups is 2. The van der Waals surface area contributed by atoms with Crippen molar-refractivity contribution in [1.29, 1.82) is 0 Å². The monoisotopic (exact) mass is 290 g/mol. The molecule has 0 bridgehead atoms. The van der Waals surface area contributed by atoms with E-state index in [4.69, 9.17) is 0 Å². The van der Waals surface area contributed by atoms with Crippen molar-refractivity contribution in [3.8, 4) is 0 Å². The van der Waals surface area contributed by atoms with Gasteiger partial charge < -0.3 is 15.3 Å². The topological polar surface area (TPSA) is 69.6 Å². The molecular formula is C16H22N2O3. The number of anilines is 1. The van der Waals surface area contributed by atoms with Gasteiger partial charge in [-0.1, -0.05) is 12.1 Å². The predicted octanol–water partition coefficient (Wildman–Crippen LogP) is 2.92. The smallest absolute Gasteiger partial charge is 0.321 e. The van der Waals surface area contributed by atoms with Crippen molar-refractivity contribution < 1.29 is 14.7 Å².